The van der Waals surface area contributed by atoms with Gasteiger partial charge >= 0.3 is 0 Å². The first-order valence-corrected chi connectivity index (χ1v) is 8.09. The summed E-state index contributed by atoms with van der Waals surface area (Å²) in [5.74, 6) is -0.0243. The van der Waals surface area contributed by atoms with Crippen molar-refractivity contribution in [1.82, 2.24) is 9.80 Å². The first-order valence-electron chi connectivity index (χ1n) is 6.87. The normalized spacial score (nSPS) is 29.9. The standard InChI is InChI=1S/C15H16N2OS2/c1-2-17(11-7-4-3-5-8-11)10-6-9-12(17)13-14(18)16-15(19)20-13/h3-5,7-8H,2,6,9-10H2,1H3/p+1/b13-12+. The van der Waals surface area contributed by atoms with Crippen LogP contribution in [0.3, 0.4) is 0 Å². The number of nitrogens with one attached hydrogen (secondary N) is 1. The summed E-state index contributed by atoms with van der Waals surface area (Å²) in [5.41, 5.74) is 2.49. The molecule has 1 atom stereocenters. The number of thioether (sulfide) groups is 1. The maximum Gasteiger partial charge on any atom is 0.269 e. The van der Waals surface area contributed by atoms with Crippen LogP contribution in [-0.2, 0) is 4.79 Å². The van der Waals surface area contributed by atoms with Gasteiger partial charge in [-0.1, -0.05) is 30.4 Å². The molecule has 3 nitrogen and oxygen atoms in total. The lowest BCUT2D eigenvalue weighted by Crippen LogP contribution is -2.45. The van der Waals surface area contributed by atoms with Crippen molar-refractivity contribution in [3.8, 4) is 0 Å². The van der Waals surface area contributed by atoms with Crippen molar-refractivity contribution in [3.05, 3.63) is 40.9 Å². The van der Waals surface area contributed by atoms with Gasteiger partial charge in [0.05, 0.1) is 13.1 Å². The second-order valence-corrected chi connectivity index (χ2v) is 6.75. The molecule has 5 heteroatoms. The van der Waals surface area contributed by atoms with E-state index in [0.717, 1.165) is 35.3 Å². The minimum Gasteiger partial charge on any atom is -0.307 e. The lowest BCUT2D eigenvalue weighted by atomic mass is 10.2. The van der Waals surface area contributed by atoms with E-state index in [1.54, 1.807) is 0 Å². The topological polar surface area (TPSA) is 29.1 Å². The molecule has 20 heavy (non-hydrogen) atoms. The Labute approximate surface area is 128 Å². The molecule has 1 N–H and O–H groups in total. The van der Waals surface area contributed by atoms with Gasteiger partial charge in [-0.05, 0) is 30.8 Å². The highest BCUT2D eigenvalue weighted by atomic mass is 32.2. The lowest BCUT2D eigenvalue weighted by Gasteiger charge is -2.34. The molecule has 0 aromatic heterocycles. The van der Waals surface area contributed by atoms with Gasteiger partial charge in [0.1, 0.15) is 20.6 Å². The molecule has 2 aliphatic heterocycles. The molecule has 2 aliphatic rings. The number of benzene rings is 1. The van der Waals surface area contributed by atoms with E-state index in [0.29, 0.717) is 4.32 Å². The van der Waals surface area contributed by atoms with Crippen LogP contribution in [-0.4, -0.2) is 23.3 Å². The Morgan fingerprint density at radius 2 is 2.10 bits per heavy atom. The van der Waals surface area contributed by atoms with E-state index in [-0.39, 0.29) is 5.91 Å². The second-order valence-electron chi connectivity index (χ2n) is 5.07. The molecular weight excluding hydrogens is 288 g/mol. The van der Waals surface area contributed by atoms with Gasteiger partial charge in [-0.15, -0.1) is 0 Å². The molecule has 0 radical (unpaired) electrons. The van der Waals surface area contributed by atoms with Gasteiger partial charge < -0.3 is 5.32 Å². The lowest BCUT2D eigenvalue weighted by molar-refractivity contribution is -0.115. The minimum absolute atomic E-state index is 0.0243. The fourth-order valence-electron chi connectivity index (χ4n) is 3.21. The van der Waals surface area contributed by atoms with Gasteiger partial charge in [-0.25, -0.2) is 0 Å². The predicted octanol–water partition coefficient (Wildman–Crippen LogP) is 3.17. The Balaban J connectivity index is 2.14. The zero-order chi connectivity index (χ0) is 14.2. The molecular formula is C15H17N2OS2+. The highest BCUT2D eigenvalue weighted by molar-refractivity contribution is 8.26. The van der Waals surface area contributed by atoms with Crippen molar-refractivity contribution < 1.29 is 4.79 Å². The summed E-state index contributed by atoms with van der Waals surface area (Å²) in [7, 11) is 0. The van der Waals surface area contributed by atoms with Crippen LogP contribution in [0.1, 0.15) is 19.8 Å². The molecule has 1 aromatic rings. The SMILES string of the molecule is CC[N+]1(c2ccccc2)CCC/C1=C1\SC(=S)NC1=O. The molecule has 0 aliphatic carbocycles. The molecule has 1 aromatic carbocycles. The summed E-state index contributed by atoms with van der Waals surface area (Å²) in [6.45, 7) is 4.21. The van der Waals surface area contributed by atoms with Crippen LogP contribution >= 0.6 is 24.0 Å². The van der Waals surface area contributed by atoms with Gasteiger partial charge in [0.2, 0.25) is 0 Å². The third-order valence-corrected chi connectivity index (χ3v) is 5.40. The van der Waals surface area contributed by atoms with E-state index in [1.807, 2.05) is 6.07 Å². The van der Waals surface area contributed by atoms with E-state index < -0.39 is 0 Å². The van der Waals surface area contributed by atoms with Gasteiger partial charge in [0.25, 0.3) is 5.91 Å². The van der Waals surface area contributed by atoms with Crippen LogP contribution in [0.25, 0.3) is 0 Å². The Morgan fingerprint density at radius 3 is 2.70 bits per heavy atom. The molecule has 1 amide bonds. The molecule has 0 bridgehead atoms. The number of nitrogens with zero attached hydrogens (tertiary/aromatic N) is 1. The number of likely N-dealkylation sites (tertiary alicyclic amines) is 1. The third kappa shape index (κ3) is 2.10. The van der Waals surface area contributed by atoms with Crippen LogP contribution < -0.4 is 9.80 Å². The van der Waals surface area contributed by atoms with E-state index in [1.165, 1.54) is 23.1 Å². The maximum atomic E-state index is 12.1. The van der Waals surface area contributed by atoms with E-state index in [2.05, 4.69) is 36.5 Å². The van der Waals surface area contributed by atoms with Crippen LogP contribution in [0.2, 0.25) is 0 Å². The minimum atomic E-state index is -0.0243. The first-order chi connectivity index (χ1) is 9.67. The first kappa shape index (κ1) is 13.8. The third-order valence-electron chi connectivity index (χ3n) is 4.14. The number of para-hydroxylation sites is 1. The van der Waals surface area contributed by atoms with Crippen molar-refractivity contribution in [2.45, 2.75) is 19.8 Å². The molecule has 1 unspecified atom stereocenters. The Hall–Kier alpha value is -1.17. The van der Waals surface area contributed by atoms with Gasteiger partial charge in [-0.2, -0.15) is 0 Å². The number of rotatable bonds is 2. The molecule has 0 saturated carbocycles. The summed E-state index contributed by atoms with van der Waals surface area (Å²) in [6, 6.07) is 10.5. The summed E-state index contributed by atoms with van der Waals surface area (Å²) in [4.78, 5) is 12.9. The Morgan fingerprint density at radius 1 is 1.35 bits per heavy atom. The number of hydrogen-bond donors (Lipinski definition) is 1. The second kappa shape index (κ2) is 5.31. The molecule has 3 rings (SSSR count). The summed E-state index contributed by atoms with van der Waals surface area (Å²) in [6.07, 6.45) is 2.09. The number of thiocarbonyl (C=S) groups is 1. The van der Waals surface area contributed by atoms with Crippen LogP contribution in [0.5, 0.6) is 0 Å². The van der Waals surface area contributed by atoms with Crippen molar-refractivity contribution >= 4 is 39.9 Å². The molecule has 2 fully saturated rings. The van der Waals surface area contributed by atoms with Gasteiger partial charge in [0.15, 0.2) is 0 Å². The maximum absolute atomic E-state index is 12.1. The zero-order valence-electron chi connectivity index (χ0n) is 11.4. The molecule has 2 saturated heterocycles. The monoisotopic (exact) mass is 305 g/mol. The average Bonchev–Trinajstić information content (AvgIpc) is 3.03. The number of allylic oxidation sites excluding steroid dienone is 1. The van der Waals surface area contributed by atoms with Crippen LogP contribution in [0.4, 0.5) is 5.69 Å². The van der Waals surface area contributed by atoms with Crippen molar-refractivity contribution in [1.29, 1.82) is 0 Å². The highest BCUT2D eigenvalue weighted by Crippen LogP contribution is 2.42. The molecule has 2 heterocycles. The quantitative estimate of drug-likeness (QED) is 0.517. The van der Waals surface area contributed by atoms with Crippen molar-refractivity contribution in [2.24, 2.45) is 0 Å². The fourth-order valence-corrected chi connectivity index (χ4v) is 4.42. The highest BCUT2D eigenvalue weighted by Gasteiger charge is 2.43. The zero-order valence-corrected chi connectivity index (χ0v) is 13.0. The van der Waals surface area contributed by atoms with Crippen molar-refractivity contribution in [2.75, 3.05) is 13.1 Å². The average molecular weight is 305 g/mol. The number of carbonyl (C=O) groups excluding carboxylic acids is 1. The van der Waals surface area contributed by atoms with E-state index >= 15 is 0 Å². The van der Waals surface area contributed by atoms with Gasteiger partial charge in [0, 0.05) is 12.8 Å². The number of carbonyl (C=O) groups is 1. The number of amides is 1. The summed E-state index contributed by atoms with van der Waals surface area (Å²) >= 11 is 6.54. The largest absolute Gasteiger partial charge is 0.307 e. The Kier molecular flexibility index (Phi) is 3.67. The smallest absolute Gasteiger partial charge is 0.269 e. The van der Waals surface area contributed by atoms with Crippen LogP contribution in [0, 0.1) is 0 Å². The van der Waals surface area contributed by atoms with Gasteiger partial charge in [-0.3, -0.25) is 9.28 Å². The van der Waals surface area contributed by atoms with E-state index in [9.17, 15) is 4.79 Å². The van der Waals surface area contributed by atoms with Crippen molar-refractivity contribution in [3.63, 3.8) is 0 Å². The summed E-state index contributed by atoms with van der Waals surface area (Å²) < 4.78 is 1.37. The molecule has 0 spiro atoms. The Bertz CT molecular complexity index is 597. The van der Waals surface area contributed by atoms with E-state index in [4.69, 9.17) is 12.2 Å². The number of quaternary nitrogens is 1. The number of hydrogen-bond acceptors (Lipinski definition) is 3. The molecule has 104 valence electrons. The predicted molar refractivity (Wildman–Crippen MR) is 88.2 cm³/mol. The summed E-state index contributed by atoms with van der Waals surface area (Å²) in [5, 5.41) is 2.74. The van der Waals surface area contributed by atoms with Crippen LogP contribution in [0.15, 0.2) is 40.9 Å². The fraction of sp³-hybridized carbons (Fsp3) is 0.333.